The second-order valence-electron chi connectivity index (χ2n) is 5.16. The number of nitrogens with zero attached hydrogens (tertiary/aromatic N) is 1. The lowest BCUT2D eigenvalue weighted by Crippen LogP contribution is -2.20. The molecule has 1 aromatic carbocycles. The Morgan fingerprint density at radius 2 is 2.00 bits per heavy atom. The summed E-state index contributed by atoms with van der Waals surface area (Å²) in [5, 5.41) is 3.35. The van der Waals surface area contributed by atoms with Crippen LogP contribution in [0.25, 0.3) is 0 Å². The van der Waals surface area contributed by atoms with Gasteiger partial charge in [0, 0.05) is 39.5 Å². The van der Waals surface area contributed by atoms with Crippen molar-refractivity contribution in [3.05, 3.63) is 29.8 Å². The molecule has 0 amide bonds. The van der Waals surface area contributed by atoms with E-state index in [4.69, 9.17) is 4.74 Å². The van der Waals surface area contributed by atoms with E-state index in [2.05, 4.69) is 41.5 Å². The van der Waals surface area contributed by atoms with Crippen molar-refractivity contribution in [1.82, 2.24) is 5.32 Å². The van der Waals surface area contributed by atoms with Gasteiger partial charge in [0.05, 0.1) is 6.61 Å². The number of benzene rings is 1. The SMILES string of the molecule is COCCNCc1ccc(N(C)CC2CC2)cc1. The first-order chi connectivity index (χ1) is 8.79. The average molecular weight is 248 g/mol. The molecule has 3 heteroatoms. The van der Waals surface area contributed by atoms with Gasteiger partial charge in [-0.15, -0.1) is 0 Å². The molecule has 0 bridgehead atoms. The van der Waals surface area contributed by atoms with Gasteiger partial charge in [0.1, 0.15) is 0 Å². The predicted molar refractivity (Wildman–Crippen MR) is 76.0 cm³/mol. The summed E-state index contributed by atoms with van der Waals surface area (Å²) >= 11 is 0. The quantitative estimate of drug-likeness (QED) is 0.714. The minimum absolute atomic E-state index is 0.766. The predicted octanol–water partition coefficient (Wildman–Crippen LogP) is 2.27. The van der Waals surface area contributed by atoms with Crippen molar-refractivity contribution in [1.29, 1.82) is 0 Å². The highest BCUT2D eigenvalue weighted by Crippen LogP contribution is 2.30. The monoisotopic (exact) mass is 248 g/mol. The zero-order valence-electron chi connectivity index (χ0n) is 11.5. The molecule has 1 aromatic rings. The molecule has 0 spiro atoms. The summed E-state index contributed by atoms with van der Waals surface area (Å²) in [5.74, 6) is 0.936. The number of hydrogen-bond donors (Lipinski definition) is 1. The van der Waals surface area contributed by atoms with Crippen LogP contribution in [0, 0.1) is 5.92 Å². The number of methoxy groups -OCH3 is 1. The third-order valence-corrected chi connectivity index (χ3v) is 3.42. The molecule has 0 heterocycles. The minimum Gasteiger partial charge on any atom is -0.383 e. The minimum atomic E-state index is 0.766. The smallest absolute Gasteiger partial charge is 0.0587 e. The number of rotatable bonds is 8. The maximum Gasteiger partial charge on any atom is 0.0587 e. The maximum atomic E-state index is 5.00. The first-order valence-corrected chi connectivity index (χ1v) is 6.79. The number of ether oxygens (including phenoxy) is 1. The van der Waals surface area contributed by atoms with Crippen LogP contribution in [0.5, 0.6) is 0 Å². The summed E-state index contributed by atoms with van der Waals surface area (Å²) in [5.41, 5.74) is 2.65. The lowest BCUT2D eigenvalue weighted by atomic mass is 10.2. The summed E-state index contributed by atoms with van der Waals surface area (Å²) in [6.07, 6.45) is 2.82. The summed E-state index contributed by atoms with van der Waals surface area (Å²) < 4.78 is 5.00. The van der Waals surface area contributed by atoms with E-state index < -0.39 is 0 Å². The molecule has 0 aromatic heterocycles. The molecule has 18 heavy (non-hydrogen) atoms. The third-order valence-electron chi connectivity index (χ3n) is 3.42. The first-order valence-electron chi connectivity index (χ1n) is 6.79. The van der Waals surface area contributed by atoms with Gasteiger partial charge in [-0.3, -0.25) is 0 Å². The van der Waals surface area contributed by atoms with Crippen LogP contribution in [0.3, 0.4) is 0 Å². The van der Waals surface area contributed by atoms with E-state index in [-0.39, 0.29) is 0 Å². The molecule has 0 radical (unpaired) electrons. The van der Waals surface area contributed by atoms with Crippen LogP contribution in [-0.4, -0.2) is 33.9 Å². The Kier molecular flexibility index (Phi) is 5.02. The largest absolute Gasteiger partial charge is 0.383 e. The van der Waals surface area contributed by atoms with Crippen molar-refractivity contribution in [2.24, 2.45) is 5.92 Å². The summed E-state index contributed by atoms with van der Waals surface area (Å²) in [7, 11) is 3.91. The molecule has 0 unspecified atom stereocenters. The molecule has 0 atom stereocenters. The number of anilines is 1. The van der Waals surface area contributed by atoms with Gasteiger partial charge < -0.3 is 15.0 Å². The maximum absolute atomic E-state index is 5.00. The van der Waals surface area contributed by atoms with Crippen LogP contribution < -0.4 is 10.2 Å². The zero-order valence-corrected chi connectivity index (χ0v) is 11.5. The fourth-order valence-corrected chi connectivity index (χ4v) is 2.07. The van der Waals surface area contributed by atoms with Gasteiger partial charge in [0.15, 0.2) is 0 Å². The fraction of sp³-hybridized carbons (Fsp3) is 0.600. The average Bonchev–Trinajstić information content (AvgIpc) is 3.19. The molecule has 1 aliphatic carbocycles. The molecular weight excluding hydrogens is 224 g/mol. The first kappa shape index (κ1) is 13.4. The molecule has 1 aliphatic rings. The third kappa shape index (κ3) is 4.31. The van der Waals surface area contributed by atoms with Crippen molar-refractivity contribution in [3.63, 3.8) is 0 Å². The summed E-state index contributed by atoms with van der Waals surface area (Å²) in [6.45, 7) is 3.78. The molecule has 1 saturated carbocycles. The molecule has 0 aliphatic heterocycles. The Morgan fingerprint density at radius 3 is 2.61 bits per heavy atom. The molecule has 1 N–H and O–H groups in total. The van der Waals surface area contributed by atoms with Gasteiger partial charge in [0.2, 0.25) is 0 Å². The Labute approximate surface area is 110 Å². The van der Waals surface area contributed by atoms with Gasteiger partial charge in [-0.2, -0.15) is 0 Å². The molecule has 1 fully saturated rings. The Balaban J connectivity index is 1.76. The van der Waals surface area contributed by atoms with Crippen LogP contribution >= 0.6 is 0 Å². The fourth-order valence-electron chi connectivity index (χ4n) is 2.07. The standard InChI is InChI=1S/C15H24N2O/c1-17(12-14-3-4-14)15-7-5-13(6-8-15)11-16-9-10-18-2/h5-8,14,16H,3-4,9-12H2,1-2H3. The number of hydrogen-bond acceptors (Lipinski definition) is 3. The van der Waals surface area contributed by atoms with Gasteiger partial charge in [-0.25, -0.2) is 0 Å². The van der Waals surface area contributed by atoms with Gasteiger partial charge in [-0.1, -0.05) is 12.1 Å². The van der Waals surface area contributed by atoms with Crippen LogP contribution in [0.15, 0.2) is 24.3 Å². The number of nitrogens with one attached hydrogen (secondary N) is 1. The molecular formula is C15H24N2O. The van der Waals surface area contributed by atoms with Gasteiger partial charge in [0.25, 0.3) is 0 Å². The molecule has 100 valence electrons. The van der Waals surface area contributed by atoms with E-state index in [1.807, 2.05) is 0 Å². The van der Waals surface area contributed by atoms with E-state index in [9.17, 15) is 0 Å². The molecule has 0 saturated heterocycles. The highest BCUT2D eigenvalue weighted by atomic mass is 16.5. The van der Waals surface area contributed by atoms with Crippen LogP contribution in [0.2, 0.25) is 0 Å². The van der Waals surface area contributed by atoms with Crippen LogP contribution in [0.1, 0.15) is 18.4 Å². The highest BCUT2D eigenvalue weighted by molar-refractivity contribution is 5.47. The second kappa shape index (κ2) is 6.76. The topological polar surface area (TPSA) is 24.5 Å². The van der Waals surface area contributed by atoms with E-state index in [1.54, 1.807) is 7.11 Å². The van der Waals surface area contributed by atoms with E-state index in [0.717, 1.165) is 25.6 Å². The normalized spacial score (nSPS) is 14.8. The second-order valence-corrected chi connectivity index (χ2v) is 5.16. The zero-order chi connectivity index (χ0) is 12.8. The van der Waals surface area contributed by atoms with Crippen LogP contribution in [0.4, 0.5) is 5.69 Å². The van der Waals surface area contributed by atoms with Gasteiger partial charge >= 0.3 is 0 Å². The van der Waals surface area contributed by atoms with E-state index in [1.165, 1.54) is 30.6 Å². The Bertz CT molecular complexity index is 346. The van der Waals surface area contributed by atoms with Crippen molar-refractivity contribution >= 4 is 5.69 Å². The Hall–Kier alpha value is -1.06. The van der Waals surface area contributed by atoms with Crippen molar-refractivity contribution in [2.45, 2.75) is 19.4 Å². The summed E-state index contributed by atoms with van der Waals surface area (Å²) in [4.78, 5) is 2.36. The van der Waals surface area contributed by atoms with Crippen molar-refractivity contribution in [2.75, 3.05) is 38.8 Å². The molecule has 2 rings (SSSR count). The molecule has 3 nitrogen and oxygen atoms in total. The van der Waals surface area contributed by atoms with Crippen LogP contribution in [-0.2, 0) is 11.3 Å². The summed E-state index contributed by atoms with van der Waals surface area (Å²) in [6, 6.07) is 8.85. The van der Waals surface area contributed by atoms with Gasteiger partial charge in [-0.05, 0) is 36.5 Å². The Morgan fingerprint density at radius 1 is 1.28 bits per heavy atom. The van der Waals surface area contributed by atoms with E-state index >= 15 is 0 Å². The lowest BCUT2D eigenvalue weighted by Gasteiger charge is -2.19. The lowest BCUT2D eigenvalue weighted by molar-refractivity contribution is 0.199. The van der Waals surface area contributed by atoms with E-state index in [0.29, 0.717) is 0 Å². The highest BCUT2D eigenvalue weighted by Gasteiger charge is 2.22. The van der Waals surface area contributed by atoms with Crippen molar-refractivity contribution in [3.8, 4) is 0 Å². The van der Waals surface area contributed by atoms with Crippen molar-refractivity contribution < 1.29 is 4.74 Å².